The van der Waals surface area contributed by atoms with Crippen LogP contribution in [0.2, 0.25) is 0 Å². The number of hydrogen-bond acceptors (Lipinski definition) is 13. The van der Waals surface area contributed by atoms with Gasteiger partial charge < -0.3 is 44.8 Å². The summed E-state index contributed by atoms with van der Waals surface area (Å²) >= 11 is 0. The molecule has 57 heavy (non-hydrogen) atoms. The Balaban J connectivity index is 1.44. The van der Waals surface area contributed by atoms with Crippen LogP contribution in [0.1, 0.15) is 115 Å². The molecule has 13 nitrogen and oxygen atoms in total. The van der Waals surface area contributed by atoms with Crippen LogP contribution in [0.5, 0.6) is 17.2 Å². The van der Waals surface area contributed by atoms with Crippen LogP contribution in [0.15, 0.2) is 60.7 Å². The topological polar surface area (TPSA) is 217 Å². The van der Waals surface area contributed by atoms with Crippen molar-refractivity contribution in [2.24, 2.45) is 0 Å². The molecular weight excluding hydrogens is 736 g/mol. The van der Waals surface area contributed by atoms with Gasteiger partial charge in [-0.2, -0.15) is 0 Å². The summed E-state index contributed by atoms with van der Waals surface area (Å²) < 4.78 is 17.3. The van der Waals surface area contributed by atoms with Gasteiger partial charge in [0.25, 0.3) is 0 Å². The molecule has 0 aromatic heterocycles. The summed E-state index contributed by atoms with van der Waals surface area (Å²) in [4.78, 5) is 54.4. The molecule has 0 radical (unpaired) electrons. The summed E-state index contributed by atoms with van der Waals surface area (Å²) in [5.74, 6) is -3.46. The van der Waals surface area contributed by atoms with E-state index in [4.69, 9.17) is 14.2 Å². The molecule has 2 fully saturated rings. The second kappa shape index (κ2) is 15.8. The SMILES string of the molecule is CC(=O)Oc1cc(CO)c2c(c1C=Cc1ccccc1)C(=O)c1cc(OC3OC(C)C(O)C(O)C3O)c(Cc3cccc(C4(O)CCCC4)c3C=O)c(O)c1C2=O. The van der Waals surface area contributed by atoms with E-state index in [0.29, 0.717) is 35.8 Å². The van der Waals surface area contributed by atoms with E-state index in [2.05, 4.69) is 0 Å². The number of carbonyl (C=O) groups is 4. The number of phenols is 1. The molecule has 7 rings (SSSR count). The normalized spacial score (nSPS) is 22.6. The van der Waals surface area contributed by atoms with Crippen LogP contribution in [0, 0.1) is 0 Å². The van der Waals surface area contributed by atoms with Crippen LogP contribution in [0.4, 0.5) is 0 Å². The zero-order chi connectivity index (χ0) is 40.8. The molecule has 3 aliphatic rings. The number of hydrogen-bond donors (Lipinski definition) is 6. The van der Waals surface area contributed by atoms with Crippen molar-refractivity contribution in [3.05, 3.63) is 122 Å². The summed E-state index contributed by atoms with van der Waals surface area (Å²) in [6.07, 6.45) is -1.81. The van der Waals surface area contributed by atoms with Gasteiger partial charge in [0.05, 0.1) is 23.9 Å². The Morgan fingerprint density at radius 1 is 0.860 bits per heavy atom. The Hall–Kier alpha value is -5.54. The Morgan fingerprint density at radius 3 is 2.25 bits per heavy atom. The number of aliphatic hydroxyl groups is 5. The lowest BCUT2D eigenvalue weighted by Crippen LogP contribution is -2.58. The van der Waals surface area contributed by atoms with Gasteiger partial charge in [-0.15, -0.1) is 0 Å². The zero-order valence-corrected chi connectivity index (χ0v) is 31.2. The highest BCUT2D eigenvalue weighted by Gasteiger charge is 2.45. The van der Waals surface area contributed by atoms with Gasteiger partial charge in [-0.3, -0.25) is 19.2 Å². The van der Waals surface area contributed by atoms with Crippen LogP contribution < -0.4 is 9.47 Å². The fourth-order valence-electron chi connectivity index (χ4n) is 8.09. The largest absolute Gasteiger partial charge is 0.507 e. The number of rotatable bonds is 10. The van der Waals surface area contributed by atoms with Crippen molar-refractivity contribution in [2.75, 3.05) is 0 Å². The molecule has 1 heterocycles. The van der Waals surface area contributed by atoms with Crippen LogP contribution in [0.25, 0.3) is 12.2 Å². The lowest BCUT2D eigenvalue weighted by atomic mass is 9.77. The summed E-state index contributed by atoms with van der Waals surface area (Å²) in [7, 11) is 0. The Bertz CT molecular complexity index is 2290. The highest BCUT2D eigenvalue weighted by atomic mass is 16.7. The summed E-state index contributed by atoms with van der Waals surface area (Å²) in [5.41, 5.74) is -0.991. The molecule has 1 saturated heterocycles. The fraction of sp³-hybridized carbons (Fsp3) is 0.318. The number of aromatic hydroxyl groups is 1. The number of aldehydes is 1. The molecule has 0 bridgehead atoms. The van der Waals surface area contributed by atoms with E-state index < -0.39 is 71.8 Å². The van der Waals surface area contributed by atoms with Gasteiger partial charge in [-0.1, -0.05) is 67.4 Å². The smallest absolute Gasteiger partial charge is 0.308 e. The van der Waals surface area contributed by atoms with E-state index in [1.165, 1.54) is 25.1 Å². The average Bonchev–Trinajstić information content (AvgIpc) is 3.65. The quantitative estimate of drug-likeness (QED) is 0.0510. The minimum absolute atomic E-state index is 0.0468. The molecule has 1 aliphatic heterocycles. The first-order valence-corrected chi connectivity index (χ1v) is 18.6. The van der Waals surface area contributed by atoms with Crippen LogP contribution >= 0.6 is 0 Å². The van der Waals surface area contributed by atoms with E-state index in [1.807, 2.05) is 6.07 Å². The molecule has 5 unspecified atom stereocenters. The minimum Gasteiger partial charge on any atom is -0.507 e. The monoisotopic (exact) mass is 778 g/mol. The number of ether oxygens (including phenoxy) is 3. The summed E-state index contributed by atoms with van der Waals surface area (Å²) in [6, 6.07) is 16.4. The molecule has 5 atom stereocenters. The number of phenolic OH excluding ortho intramolecular Hbond substituents is 1. The van der Waals surface area contributed by atoms with E-state index in [-0.39, 0.29) is 56.9 Å². The number of benzene rings is 4. The van der Waals surface area contributed by atoms with Crippen LogP contribution in [0.3, 0.4) is 0 Å². The van der Waals surface area contributed by atoms with Crippen molar-refractivity contribution >= 4 is 36.0 Å². The van der Waals surface area contributed by atoms with Gasteiger partial charge in [0.1, 0.15) is 35.6 Å². The lowest BCUT2D eigenvalue weighted by Gasteiger charge is -2.39. The first kappa shape index (κ1) is 39.7. The third-order valence-electron chi connectivity index (χ3n) is 11.0. The fourth-order valence-corrected chi connectivity index (χ4v) is 8.09. The molecule has 0 amide bonds. The summed E-state index contributed by atoms with van der Waals surface area (Å²) in [5, 5.41) is 66.0. The number of fused-ring (bicyclic) bond motifs is 2. The van der Waals surface area contributed by atoms with Gasteiger partial charge in [0.2, 0.25) is 6.29 Å². The number of esters is 1. The molecule has 1 saturated carbocycles. The average molecular weight is 779 g/mol. The molecule has 4 aromatic carbocycles. The molecule has 296 valence electrons. The highest BCUT2D eigenvalue weighted by molar-refractivity contribution is 6.31. The maximum Gasteiger partial charge on any atom is 0.308 e. The maximum absolute atomic E-state index is 14.8. The molecule has 2 aliphatic carbocycles. The molecular formula is C44H42O13. The van der Waals surface area contributed by atoms with Crippen LogP contribution in [-0.4, -0.2) is 85.2 Å². The van der Waals surface area contributed by atoms with Crippen molar-refractivity contribution in [3.63, 3.8) is 0 Å². The minimum atomic E-state index is -1.81. The Kier molecular flexibility index (Phi) is 11.0. The Labute approximate surface area is 327 Å². The molecule has 13 heteroatoms. The van der Waals surface area contributed by atoms with Crippen molar-refractivity contribution in [1.29, 1.82) is 0 Å². The highest BCUT2D eigenvalue weighted by Crippen LogP contribution is 2.46. The van der Waals surface area contributed by atoms with Crippen molar-refractivity contribution in [2.45, 2.75) is 88.9 Å². The number of aliphatic hydroxyl groups excluding tert-OH is 4. The van der Waals surface area contributed by atoms with E-state index in [9.17, 15) is 49.8 Å². The maximum atomic E-state index is 14.8. The van der Waals surface area contributed by atoms with E-state index in [1.54, 1.807) is 48.5 Å². The number of ketones is 2. The molecule has 0 spiro atoms. The molecule has 4 aromatic rings. The number of carbonyl (C=O) groups excluding carboxylic acids is 4. The van der Waals surface area contributed by atoms with Gasteiger partial charge in [0.15, 0.2) is 17.9 Å². The third-order valence-corrected chi connectivity index (χ3v) is 11.0. The van der Waals surface area contributed by atoms with Crippen molar-refractivity contribution < 1.29 is 64.0 Å². The predicted molar refractivity (Wildman–Crippen MR) is 204 cm³/mol. The van der Waals surface area contributed by atoms with E-state index in [0.717, 1.165) is 19.8 Å². The van der Waals surface area contributed by atoms with Crippen LogP contribution in [-0.2, 0) is 28.2 Å². The second-order valence-electron chi connectivity index (χ2n) is 14.7. The van der Waals surface area contributed by atoms with Crippen molar-refractivity contribution in [1.82, 2.24) is 0 Å². The first-order valence-electron chi connectivity index (χ1n) is 18.6. The summed E-state index contributed by atoms with van der Waals surface area (Å²) in [6.45, 7) is 1.86. The Morgan fingerprint density at radius 2 is 1.58 bits per heavy atom. The third kappa shape index (κ3) is 7.18. The zero-order valence-electron chi connectivity index (χ0n) is 31.2. The van der Waals surface area contributed by atoms with Gasteiger partial charge >= 0.3 is 5.97 Å². The van der Waals surface area contributed by atoms with Crippen molar-refractivity contribution in [3.8, 4) is 17.2 Å². The first-order chi connectivity index (χ1) is 27.3. The van der Waals surface area contributed by atoms with Gasteiger partial charge in [-0.05, 0) is 60.2 Å². The van der Waals surface area contributed by atoms with Gasteiger partial charge in [-0.25, -0.2) is 0 Å². The second-order valence-corrected chi connectivity index (χ2v) is 14.7. The lowest BCUT2D eigenvalue weighted by molar-refractivity contribution is -0.268. The van der Waals surface area contributed by atoms with Gasteiger partial charge in [0, 0.05) is 46.7 Å². The van der Waals surface area contributed by atoms with E-state index >= 15 is 0 Å². The molecule has 6 N–H and O–H groups in total. The predicted octanol–water partition coefficient (Wildman–Crippen LogP) is 4.13. The standard InChI is InChI=1S/C44H42O13/c1-22-37(48)41(52)42(53)43(55-22)57-33-19-29-36(38(49)28(33)17-25-11-8-12-31(30(25)21-46)44(54)15-6-7-16-44)40(51)34-26(20-45)18-32(56-23(2)47)27(35(34)39(29)50)14-13-24-9-4-3-5-10-24/h3-5,8-14,18-19,21-22,37,41-43,45,48-49,52-54H,6-7,15-17,20H2,1-2H3.